The van der Waals surface area contributed by atoms with Gasteiger partial charge in [0.1, 0.15) is 12.1 Å². The highest BCUT2D eigenvalue weighted by Crippen LogP contribution is 2.35. The van der Waals surface area contributed by atoms with E-state index >= 15 is 0 Å². The molecule has 0 saturated carbocycles. The molecular weight excluding hydrogens is 272 g/mol. The van der Waals surface area contributed by atoms with Crippen LogP contribution in [0.2, 0.25) is 0 Å². The predicted octanol–water partition coefficient (Wildman–Crippen LogP) is 2.13. The van der Waals surface area contributed by atoms with Crippen molar-refractivity contribution in [3.63, 3.8) is 0 Å². The van der Waals surface area contributed by atoms with Crippen LogP contribution in [0.5, 0.6) is 0 Å². The van der Waals surface area contributed by atoms with E-state index in [0.29, 0.717) is 0 Å². The van der Waals surface area contributed by atoms with Gasteiger partial charge in [-0.1, -0.05) is 12.1 Å². The molecule has 2 atom stereocenters. The minimum Gasteiger partial charge on any atom is -0.329 e. The maximum Gasteiger partial charge on any atom is 0.250 e. The predicted molar refractivity (Wildman–Crippen MR) is 79.9 cm³/mol. The van der Waals surface area contributed by atoms with Crippen LogP contribution in [0.4, 0.5) is 5.69 Å². The summed E-state index contributed by atoms with van der Waals surface area (Å²) in [4.78, 5) is 29.7. The molecule has 0 aliphatic carbocycles. The van der Waals surface area contributed by atoms with E-state index in [1.54, 1.807) is 21.6 Å². The third kappa shape index (κ3) is 1.92. The van der Waals surface area contributed by atoms with E-state index in [1.165, 1.54) is 0 Å². The van der Waals surface area contributed by atoms with E-state index in [1.807, 2.05) is 37.4 Å². The van der Waals surface area contributed by atoms with Crippen molar-refractivity contribution in [1.82, 2.24) is 4.90 Å². The summed E-state index contributed by atoms with van der Waals surface area (Å²) in [6.07, 6.45) is 3.70. The van der Waals surface area contributed by atoms with Crippen molar-refractivity contribution in [2.45, 2.75) is 36.7 Å². The molecule has 20 heavy (non-hydrogen) atoms. The van der Waals surface area contributed by atoms with Crippen molar-refractivity contribution >= 4 is 29.3 Å². The van der Waals surface area contributed by atoms with E-state index in [0.717, 1.165) is 30.0 Å². The van der Waals surface area contributed by atoms with Gasteiger partial charge in [-0.05, 0) is 38.2 Å². The van der Waals surface area contributed by atoms with Gasteiger partial charge in [-0.15, -0.1) is 11.8 Å². The Morgan fingerprint density at radius 1 is 1.20 bits per heavy atom. The van der Waals surface area contributed by atoms with Crippen LogP contribution < -0.4 is 4.90 Å². The second-order valence-electron chi connectivity index (χ2n) is 5.25. The number of rotatable bonds is 2. The smallest absolute Gasteiger partial charge is 0.250 e. The summed E-state index contributed by atoms with van der Waals surface area (Å²) in [7, 11) is 0. The zero-order chi connectivity index (χ0) is 14.3. The Morgan fingerprint density at radius 3 is 2.70 bits per heavy atom. The fraction of sp³-hybridized carbons (Fsp3) is 0.467. The van der Waals surface area contributed by atoms with Gasteiger partial charge in [0, 0.05) is 11.4 Å². The molecule has 2 aliphatic rings. The number of thioether (sulfide) groups is 1. The molecular formula is C15H18N2O2S. The Kier molecular flexibility index (Phi) is 3.46. The van der Waals surface area contributed by atoms with Crippen LogP contribution in [0.1, 0.15) is 19.8 Å². The van der Waals surface area contributed by atoms with Gasteiger partial charge in [0.15, 0.2) is 0 Å². The second-order valence-corrected chi connectivity index (χ2v) is 6.09. The zero-order valence-corrected chi connectivity index (χ0v) is 12.5. The van der Waals surface area contributed by atoms with Crippen LogP contribution in [-0.4, -0.2) is 41.6 Å². The first-order chi connectivity index (χ1) is 9.65. The van der Waals surface area contributed by atoms with Gasteiger partial charge in [0.05, 0.1) is 5.69 Å². The number of carbonyl (C=O) groups is 2. The summed E-state index contributed by atoms with van der Waals surface area (Å²) in [6, 6.07) is 7.13. The number of benzene rings is 1. The van der Waals surface area contributed by atoms with Crippen LogP contribution >= 0.6 is 11.8 Å². The maximum absolute atomic E-state index is 12.8. The molecule has 106 valence electrons. The number of hydrogen-bond donors (Lipinski definition) is 0. The molecule has 4 nitrogen and oxygen atoms in total. The average molecular weight is 290 g/mol. The molecule has 2 amide bonds. The van der Waals surface area contributed by atoms with Crippen LogP contribution in [0.3, 0.4) is 0 Å². The van der Waals surface area contributed by atoms with E-state index in [-0.39, 0.29) is 17.9 Å². The SMILES string of the molecule is CSc1ccccc1N1C(=O)C2CCCN2C(=O)C1C. The van der Waals surface area contributed by atoms with Crippen molar-refractivity contribution < 1.29 is 9.59 Å². The molecule has 0 spiro atoms. The molecule has 0 radical (unpaired) electrons. The summed E-state index contributed by atoms with van der Waals surface area (Å²) in [6.45, 7) is 2.55. The number of nitrogens with zero attached hydrogens (tertiary/aromatic N) is 2. The Morgan fingerprint density at radius 2 is 1.95 bits per heavy atom. The van der Waals surface area contributed by atoms with Gasteiger partial charge in [-0.3, -0.25) is 14.5 Å². The minimum absolute atomic E-state index is 0.0658. The highest BCUT2D eigenvalue weighted by Gasteiger charge is 2.46. The number of piperazine rings is 1. The van der Waals surface area contributed by atoms with Crippen molar-refractivity contribution in [2.24, 2.45) is 0 Å². The molecule has 2 saturated heterocycles. The number of carbonyl (C=O) groups excluding carboxylic acids is 2. The lowest BCUT2D eigenvalue weighted by molar-refractivity contribution is -0.143. The normalized spacial score (nSPS) is 26.1. The van der Waals surface area contributed by atoms with E-state index < -0.39 is 6.04 Å². The van der Waals surface area contributed by atoms with Crippen molar-refractivity contribution in [3.8, 4) is 0 Å². The fourth-order valence-corrected chi connectivity index (χ4v) is 3.74. The van der Waals surface area contributed by atoms with Crippen molar-refractivity contribution in [2.75, 3.05) is 17.7 Å². The number of hydrogen-bond acceptors (Lipinski definition) is 3. The molecule has 1 aromatic rings. The highest BCUT2D eigenvalue weighted by atomic mass is 32.2. The van der Waals surface area contributed by atoms with Gasteiger partial charge < -0.3 is 4.90 Å². The zero-order valence-electron chi connectivity index (χ0n) is 11.7. The largest absolute Gasteiger partial charge is 0.329 e. The van der Waals surface area contributed by atoms with Gasteiger partial charge in [0.2, 0.25) is 5.91 Å². The Hall–Kier alpha value is -1.49. The second kappa shape index (κ2) is 5.13. The van der Waals surface area contributed by atoms with Gasteiger partial charge in [-0.2, -0.15) is 0 Å². The number of para-hydroxylation sites is 1. The van der Waals surface area contributed by atoms with E-state index in [2.05, 4.69) is 0 Å². The molecule has 2 heterocycles. The third-order valence-electron chi connectivity index (χ3n) is 4.15. The monoisotopic (exact) mass is 290 g/mol. The minimum atomic E-state index is -0.412. The molecule has 0 aromatic heterocycles. The molecule has 0 N–H and O–H groups in total. The van der Waals surface area contributed by atoms with Crippen LogP contribution in [0.25, 0.3) is 0 Å². The summed E-state index contributed by atoms with van der Waals surface area (Å²) < 4.78 is 0. The topological polar surface area (TPSA) is 40.6 Å². The quantitative estimate of drug-likeness (QED) is 0.784. The number of anilines is 1. The summed E-state index contributed by atoms with van der Waals surface area (Å²) >= 11 is 1.60. The first kappa shape index (κ1) is 13.5. The Bertz CT molecular complexity index is 561. The fourth-order valence-electron chi connectivity index (χ4n) is 3.15. The molecule has 2 aliphatic heterocycles. The first-order valence-corrected chi connectivity index (χ1v) is 8.14. The van der Waals surface area contributed by atoms with Crippen molar-refractivity contribution in [1.29, 1.82) is 0 Å². The number of fused-ring (bicyclic) bond motifs is 1. The standard InChI is InChI=1S/C15H18N2O2S/c1-10-14(18)16-9-5-7-12(16)15(19)17(10)11-6-3-4-8-13(11)20-2/h3-4,6,8,10,12H,5,7,9H2,1-2H3. The number of amides is 2. The average Bonchev–Trinajstić information content (AvgIpc) is 2.95. The van der Waals surface area contributed by atoms with E-state index in [9.17, 15) is 9.59 Å². The lowest BCUT2D eigenvalue weighted by Gasteiger charge is -2.41. The molecule has 2 fully saturated rings. The van der Waals surface area contributed by atoms with Crippen LogP contribution in [-0.2, 0) is 9.59 Å². The van der Waals surface area contributed by atoms with Gasteiger partial charge in [0.25, 0.3) is 5.91 Å². The van der Waals surface area contributed by atoms with Crippen LogP contribution in [0.15, 0.2) is 29.2 Å². The maximum atomic E-state index is 12.8. The summed E-state index contributed by atoms with van der Waals surface area (Å²) in [5, 5.41) is 0. The Labute approximate surface area is 123 Å². The lowest BCUT2D eigenvalue weighted by Crippen LogP contribution is -2.62. The summed E-state index contributed by atoms with van der Waals surface area (Å²) in [5.41, 5.74) is 0.859. The molecule has 1 aromatic carbocycles. The van der Waals surface area contributed by atoms with Crippen molar-refractivity contribution in [3.05, 3.63) is 24.3 Å². The Balaban J connectivity index is 2.03. The molecule has 3 rings (SSSR count). The third-order valence-corrected chi connectivity index (χ3v) is 4.93. The molecule has 2 unspecified atom stereocenters. The highest BCUT2D eigenvalue weighted by molar-refractivity contribution is 7.98. The molecule has 5 heteroatoms. The van der Waals surface area contributed by atoms with Gasteiger partial charge >= 0.3 is 0 Å². The van der Waals surface area contributed by atoms with Crippen LogP contribution in [0, 0.1) is 0 Å². The summed E-state index contributed by atoms with van der Waals surface area (Å²) in [5.74, 6) is 0.138. The van der Waals surface area contributed by atoms with Gasteiger partial charge in [-0.25, -0.2) is 0 Å². The van der Waals surface area contributed by atoms with E-state index in [4.69, 9.17) is 0 Å². The lowest BCUT2D eigenvalue weighted by atomic mass is 10.1. The molecule has 0 bridgehead atoms. The first-order valence-electron chi connectivity index (χ1n) is 6.91.